The van der Waals surface area contributed by atoms with E-state index >= 15 is 0 Å². The van der Waals surface area contributed by atoms with Gasteiger partial charge in [-0.05, 0) is 24.3 Å². The fraction of sp³-hybridized carbons (Fsp3) is 0.105. The molecule has 1 amide bonds. The molecule has 0 saturated carbocycles. The summed E-state index contributed by atoms with van der Waals surface area (Å²) < 4.78 is 54.5. The molecule has 0 fully saturated rings. The number of halogens is 2. The van der Waals surface area contributed by atoms with Crippen LogP contribution in [0.5, 0.6) is 0 Å². The number of rotatable bonds is 3. The first kappa shape index (κ1) is 17.8. The number of fused-ring (bicyclic) bond motifs is 1. The Morgan fingerprint density at radius 2 is 1.67 bits per heavy atom. The molecule has 1 atom stereocenters. The zero-order chi connectivity index (χ0) is 19.2. The molecule has 0 unspecified atom stereocenters. The van der Waals surface area contributed by atoms with Gasteiger partial charge in [-0.1, -0.05) is 24.3 Å². The first-order valence-electron chi connectivity index (χ1n) is 8.05. The monoisotopic (exact) mass is 405 g/mol. The number of hydrogen-bond donors (Lipinski definition) is 1. The average molecular weight is 405 g/mol. The summed E-state index contributed by atoms with van der Waals surface area (Å²) in [7, 11) is -3.88. The van der Waals surface area contributed by atoms with E-state index in [1.54, 1.807) is 18.2 Å². The van der Waals surface area contributed by atoms with Crippen LogP contribution >= 0.6 is 11.3 Å². The van der Waals surface area contributed by atoms with E-state index in [-0.39, 0.29) is 27.5 Å². The molecule has 8 heteroatoms. The quantitative estimate of drug-likeness (QED) is 0.705. The summed E-state index contributed by atoms with van der Waals surface area (Å²) in [4.78, 5) is 12.6. The third-order valence-corrected chi connectivity index (χ3v) is 7.49. The maximum Gasteiger partial charge on any atom is 0.225 e. The number of sulfone groups is 1. The van der Waals surface area contributed by atoms with Crippen LogP contribution in [0.25, 0.3) is 0 Å². The molecule has 2 heterocycles. The Morgan fingerprint density at radius 3 is 2.33 bits per heavy atom. The largest absolute Gasteiger partial charge is 0.324 e. The van der Waals surface area contributed by atoms with Crippen molar-refractivity contribution in [3.05, 3.63) is 76.0 Å². The third kappa shape index (κ3) is 2.94. The highest BCUT2D eigenvalue weighted by Gasteiger charge is 2.36. The van der Waals surface area contributed by atoms with E-state index in [1.807, 2.05) is 0 Å². The minimum absolute atomic E-state index is 0.0662. The Morgan fingerprint density at radius 1 is 1.00 bits per heavy atom. The molecule has 1 aliphatic rings. The van der Waals surface area contributed by atoms with Gasteiger partial charge in [-0.25, -0.2) is 17.2 Å². The lowest BCUT2D eigenvalue weighted by Gasteiger charge is -2.24. The number of hydrogen-bond acceptors (Lipinski definition) is 4. The summed E-state index contributed by atoms with van der Waals surface area (Å²) in [5.41, 5.74) is -0.119. The first-order valence-corrected chi connectivity index (χ1v) is 10.4. The Kier molecular flexibility index (Phi) is 4.32. The predicted octanol–water partition coefficient (Wildman–Crippen LogP) is 4.33. The molecule has 27 heavy (non-hydrogen) atoms. The lowest BCUT2D eigenvalue weighted by Crippen LogP contribution is -2.24. The third-order valence-electron chi connectivity index (χ3n) is 4.45. The van der Waals surface area contributed by atoms with Crippen molar-refractivity contribution in [3.8, 4) is 0 Å². The molecule has 138 valence electrons. The van der Waals surface area contributed by atoms with Gasteiger partial charge in [-0.2, -0.15) is 0 Å². The fourth-order valence-electron chi connectivity index (χ4n) is 3.21. The molecule has 2 aromatic carbocycles. The lowest BCUT2D eigenvalue weighted by molar-refractivity contribution is -0.116. The van der Waals surface area contributed by atoms with Crippen molar-refractivity contribution in [1.29, 1.82) is 0 Å². The predicted molar refractivity (Wildman–Crippen MR) is 97.7 cm³/mol. The van der Waals surface area contributed by atoms with Gasteiger partial charge >= 0.3 is 0 Å². The van der Waals surface area contributed by atoms with E-state index in [2.05, 4.69) is 5.32 Å². The minimum atomic E-state index is -3.88. The van der Waals surface area contributed by atoms with Gasteiger partial charge in [0, 0.05) is 28.2 Å². The van der Waals surface area contributed by atoms with Crippen LogP contribution in [0.4, 0.5) is 14.5 Å². The van der Waals surface area contributed by atoms with Crippen LogP contribution in [0.1, 0.15) is 22.8 Å². The van der Waals surface area contributed by atoms with Crippen molar-refractivity contribution in [1.82, 2.24) is 0 Å². The van der Waals surface area contributed by atoms with E-state index in [1.165, 1.54) is 23.6 Å². The van der Waals surface area contributed by atoms with Crippen LogP contribution in [-0.2, 0) is 14.6 Å². The molecule has 0 aliphatic carbocycles. The van der Waals surface area contributed by atoms with Crippen LogP contribution in [-0.4, -0.2) is 14.3 Å². The molecule has 0 radical (unpaired) electrons. The van der Waals surface area contributed by atoms with Gasteiger partial charge in [0.05, 0.1) is 10.6 Å². The molecule has 3 aromatic rings. The molecule has 0 bridgehead atoms. The van der Waals surface area contributed by atoms with E-state index < -0.39 is 33.3 Å². The summed E-state index contributed by atoms with van der Waals surface area (Å²) in [5.74, 6) is -2.89. The second-order valence-electron chi connectivity index (χ2n) is 6.10. The van der Waals surface area contributed by atoms with Crippen molar-refractivity contribution in [2.24, 2.45) is 0 Å². The molecule has 1 N–H and O–H groups in total. The zero-order valence-corrected chi connectivity index (χ0v) is 15.4. The summed E-state index contributed by atoms with van der Waals surface area (Å²) in [6.45, 7) is 0. The maximum atomic E-state index is 14.3. The highest BCUT2D eigenvalue weighted by molar-refractivity contribution is 7.91. The number of thiophene rings is 1. The Balaban J connectivity index is 1.89. The minimum Gasteiger partial charge on any atom is -0.324 e. The van der Waals surface area contributed by atoms with Crippen LogP contribution in [0.15, 0.2) is 63.7 Å². The second kappa shape index (κ2) is 6.54. The van der Waals surface area contributed by atoms with E-state index in [0.717, 1.165) is 23.5 Å². The molecule has 0 spiro atoms. The SMILES string of the molecule is O=C1C[C@H](c2c(F)cccc2F)c2scc(S(=O)(=O)c3ccccc3)c2N1. The summed E-state index contributed by atoms with van der Waals surface area (Å²) >= 11 is 1.07. The van der Waals surface area contributed by atoms with Crippen molar-refractivity contribution >= 4 is 32.8 Å². The van der Waals surface area contributed by atoms with E-state index in [4.69, 9.17) is 0 Å². The van der Waals surface area contributed by atoms with Gasteiger partial charge in [0.1, 0.15) is 16.5 Å². The highest BCUT2D eigenvalue weighted by Crippen LogP contribution is 2.46. The van der Waals surface area contributed by atoms with Crippen LogP contribution in [0.3, 0.4) is 0 Å². The van der Waals surface area contributed by atoms with Crippen molar-refractivity contribution in [3.63, 3.8) is 0 Å². The molecule has 0 saturated heterocycles. The molecule has 4 rings (SSSR count). The summed E-state index contributed by atoms with van der Waals surface area (Å²) in [5, 5.41) is 3.98. The number of carbonyl (C=O) groups excluding carboxylic acids is 1. The van der Waals surface area contributed by atoms with Gasteiger partial charge in [0.15, 0.2) is 0 Å². The summed E-state index contributed by atoms with van der Waals surface area (Å²) in [6, 6.07) is 11.3. The van der Waals surface area contributed by atoms with Gasteiger partial charge in [-0.3, -0.25) is 4.79 Å². The van der Waals surface area contributed by atoms with Gasteiger partial charge in [0.25, 0.3) is 0 Å². The van der Waals surface area contributed by atoms with Crippen LogP contribution in [0.2, 0.25) is 0 Å². The first-order chi connectivity index (χ1) is 12.9. The van der Waals surface area contributed by atoms with Crippen molar-refractivity contribution in [2.45, 2.75) is 22.1 Å². The number of anilines is 1. The number of amides is 1. The Hall–Kier alpha value is -2.58. The van der Waals surface area contributed by atoms with Gasteiger partial charge in [0.2, 0.25) is 15.7 Å². The molecule has 1 aliphatic heterocycles. The van der Waals surface area contributed by atoms with Crippen molar-refractivity contribution in [2.75, 3.05) is 5.32 Å². The Labute approximate surface area is 158 Å². The highest BCUT2D eigenvalue weighted by atomic mass is 32.2. The number of carbonyl (C=O) groups is 1. The number of nitrogens with one attached hydrogen (secondary N) is 1. The topological polar surface area (TPSA) is 63.2 Å². The van der Waals surface area contributed by atoms with Crippen LogP contribution < -0.4 is 5.32 Å². The lowest BCUT2D eigenvalue weighted by atomic mass is 9.90. The Bertz CT molecular complexity index is 1120. The van der Waals surface area contributed by atoms with Gasteiger partial charge < -0.3 is 5.32 Å². The molecule has 1 aromatic heterocycles. The van der Waals surface area contributed by atoms with E-state index in [9.17, 15) is 22.0 Å². The maximum absolute atomic E-state index is 14.3. The summed E-state index contributed by atoms with van der Waals surface area (Å²) in [6.07, 6.45) is -0.157. The van der Waals surface area contributed by atoms with Crippen LogP contribution in [0, 0.1) is 11.6 Å². The standard InChI is InChI=1S/C19H13F2NO3S2/c20-13-7-4-8-14(21)17(13)12-9-16(23)22-18-15(10-26-19(12)18)27(24,25)11-5-2-1-3-6-11/h1-8,10,12H,9H2,(H,22,23)/t12-/m1/s1. The smallest absolute Gasteiger partial charge is 0.225 e. The fourth-order valence-corrected chi connectivity index (χ4v) is 6.12. The molecule has 4 nitrogen and oxygen atoms in total. The number of benzene rings is 2. The molecular formula is C19H13F2NO3S2. The molecular weight excluding hydrogens is 392 g/mol. The second-order valence-corrected chi connectivity index (χ2v) is 8.93. The normalized spacial score (nSPS) is 16.7. The average Bonchev–Trinajstić information content (AvgIpc) is 3.07. The van der Waals surface area contributed by atoms with Crippen molar-refractivity contribution < 1.29 is 22.0 Å². The van der Waals surface area contributed by atoms with Gasteiger partial charge in [-0.15, -0.1) is 11.3 Å². The zero-order valence-electron chi connectivity index (χ0n) is 13.8. The van der Waals surface area contributed by atoms with E-state index in [0.29, 0.717) is 4.88 Å².